The molecule has 0 aliphatic heterocycles. The van der Waals surface area contributed by atoms with Gasteiger partial charge in [-0.3, -0.25) is 0 Å². The van der Waals surface area contributed by atoms with Crippen LogP contribution in [0.15, 0.2) is 83.3 Å². The van der Waals surface area contributed by atoms with E-state index in [2.05, 4.69) is 25.5 Å². The van der Waals surface area contributed by atoms with Crippen LogP contribution in [0.25, 0.3) is 10.9 Å². The third-order valence-electron chi connectivity index (χ3n) is 4.75. The van der Waals surface area contributed by atoms with E-state index in [1.54, 1.807) is 13.3 Å². The van der Waals surface area contributed by atoms with Crippen LogP contribution in [0.4, 0.5) is 11.5 Å². The van der Waals surface area contributed by atoms with Crippen molar-refractivity contribution >= 4 is 34.5 Å². The number of benzene rings is 3. The Balaban J connectivity index is 1.56. The molecule has 0 amide bonds. The van der Waals surface area contributed by atoms with Gasteiger partial charge in [0, 0.05) is 18.2 Å². The van der Waals surface area contributed by atoms with Gasteiger partial charge in [-0.25, -0.2) is 9.97 Å². The fourth-order valence-corrected chi connectivity index (χ4v) is 3.19. The number of methoxy groups -OCH3 is 1. The van der Waals surface area contributed by atoms with Crippen LogP contribution in [0, 0.1) is 6.92 Å². The molecular formula is C25H24N6O2. The maximum Gasteiger partial charge on any atom is 0.148 e. The van der Waals surface area contributed by atoms with Crippen LogP contribution >= 0.6 is 0 Å². The summed E-state index contributed by atoms with van der Waals surface area (Å²) in [5, 5.41) is 12.2. The zero-order chi connectivity index (χ0) is 23.0. The molecule has 1 heterocycles. The van der Waals surface area contributed by atoms with Crippen molar-refractivity contribution in [1.29, 1.82) is 0 Å². The molecule has 1 aromatic heterocycles. The molecule has 0 aliphatic rings. The van der Waals surface area contributed by atoms with Crippen LogP contribution in [0.1, 0.15) is 11.1 Å². The van der Waals surface area contributed by atoms with Gasteiger partial charge in [-0.15, -0.1) is 5.10 Å². The predicted molar refractivity (Wildman–Crippen MR) is 132 cm³/mol. The number of amidine groups is 1. The number of hydrogen-bond donors (Lipinski definition) is 2. The summed E-state index contributed by atoms with van der Waals surface area (Å²) in [5.74, 6) is 2.58. The Morgan fingerprint density at radius 3 is 2.70 bits per heavy atom. The summed E-state index contributed by atoms with van der Waals surface area (Å²) >= 11 is 0. The van der Waals surface area contributed by atoms with Crippen LogP contribution in [0.3, 0.4) is 0 Å². The Labute approximate surface area is 191 Å². The smallest absolute Gasteiger partial charge is 0.148 e. The number of nitrogens with one attached hydrogen (secondary N) is 1. The van der Waals surface area contributed by atoms with Gasteiger partial charge in [0.15, 0.2) is 0 Å². The molecule has 166 valence electrons. The molecule has 0 radical (unpaired) electrons. The Kier molecular flexibility index (Phi) is 6.87. The fourth-order valence-electron chi connectivity index (χ4n) is 3.19. The zero-order valence-corrected chi connectivity index (χ0v) is 18.4. The first-order valence-electron chi connectivity index (χ1n) is 10.3. The van der Waals surface area contributed by atoms with Gasteiger partial charge in [0.2, 0.25) is 0 Å². The van der Waals surface area contributed by atoms with E-state index >= 15 is 0 Å². The minimum atomic E-state index is 0.228. The van der Waals surface area contributed by atoms with E-state index < -0.39 is 0 Å². The van der Waals surface area contributed by atoms with Gasteiger partial charge < -0.3 is 20.5 Å². The average Bonchev–Trinajstić information content (AvgIpc) is 2.82. The quantitative estimate of drug-likeness (QED) is 0.231. The summed E-state index contributed by atoms with van der Waals surface area (Å²) in [6.07, 6.45) is 3.16. The molecule has 0 spiro atoms. The lowest BCUT2D eigenvalue weighted by Gasteiger charge is -2.12. The number of para-hydroxylation sites is 1. The van der Waals surface area contributed by atoms with Crippen molar-refractivity contribution in [1.82, 2.24) is 9.97 Å². The van der Waals surface area contributed by atoms with Crippen LogP contribution in [-0.4, -0.2) is 35.7 Å². The number of nitrogens with zero attached hydrogens (tertiary/aromatic N) is 4. The van der Waals surface area contributed by atoms with E-state index in [1.807, 2.05) is 73.7 Å². The maximum absolute atomic E-state index is 5.97. The van der Waals surface area contributed by atoms with Crippen LogP contribution in [0.2, 0.25) is 0 Å². The summed E-state index contributed by atoms with van der Waals surface area (Å²) in [7, 11) is 1.55. The molecular weight excluding hydrogens is 416 g/mol. The molecule has 0 unspecified atom stereocenters. The molecule has 4 aromatic rings. The van der Waals surface area contributed by atoms with Crippen molar-refractivity contribution in [3.8, 4) is 11.5 Å². The van der Waals surface area contributed by atoms with Gasteiger partial charge in [-0.2, -0.15) is 5.10 Å². The SMILES string of the molecule is COCC(N)=N/N=C/c1ccc2ncnc(Nc3ccc(Oc4ccccc4)c(C)c3)c2c1. The van der Waals surface area contributed by atoms with Gasteiger partial charge in [0.05, 0.1) is 11.7 Å². The van der Waals surface area contributed by atoms with E-state index in [1.165, 1.54) is 6.33 Å². The van der Waals surface area contributed by atoms with Crippen molar-refractivity contribution in [3.05, 3.63) is 84.2 Å². The van der Waals surface area contributed by atoms with Crippen molar-refractivity contribution in [2.45, 2.75) is 6.92 Å². The van der Waals surface area contributed by atoms with E-state index in [0.717, 1.165) is 39.2 Å². The van der Waals surface area contributed by atoms with Gasteiger partial charge in [0.1, 0.15) is 36.1 Å². The predicted octanol–water partition coefficient (Wildman–Crippen LogP) is 4.81. The second-order valence-corrected chi connectivity index (χ2v) is 7.29. The Morgan fingerprint density at radius 2 is 1.91 bits per heavy atom. The minimum absolute atomic E-state index is 0.228. The second kappa shape index (κ2) is 10.3. The third kappa shape index (κ3) is 5.69. The molecule has 0 atom stereocenters. The normalized spacial score (nSPS) is 11.8. The number of ether oxygens (including phenoxy) is 2. The number of nitrogens with two attached hydrogens (primary N) is 1. The standard InChI is InChI=1S/C25H24N6O2/c1-17-12-19(9-11-23(17)33-20-6-4-3-5-7-20)30-25-21-13-18(8-10-22(21)27-16-28-25)14-29-31-24(26)15-32-2/h3-14,16H,15H2,1-2H3,(H2,26,31)(H,27,28,30)/b29-14+. The summed E-state index contributed by atoms with van der Waals surface area (Å²) in [6.45, 7) is 2.23. The Bertz CT molecular complexity index is 1310. The molecule has 8 nitrogen and oxygen atoms in total. The minimum Gasteiger partial charge on any atom is -0.457 e. The number of rotatable bonds is 8. The highest BCUT2D eigenvalue weighted by Gasteiger charge is 2.08. The number of fused-ring (bicyclic) bond motifs is 1. The van der Waals surface area contributed by atoms with Gasteiger partial charge >= 0.3 is 0 Å². The van der Waals surface area contributed by atoms with E-state index in [9.17, 15) is 0 Å². The molecule has 0 fully saturated rings. The lowest BCUT2D eigenvalue weighted by atomic mass is 10.1. The molecule has 8 heteroatoms. The van der Waals surface area contributed by atoms with E-state index in [4.69, 9.17) is 15.2 Å². The number of aryl methyl sites for hydroxylation is 1. The first-order chi connectivity index (χ1) is 16.1. The molecule has 0 saturated heterocycles. The second-order valence-electron chi connectivity index (χ2n) is 7.29. The first kappa shape index (κ1) is 21.9. The summed E-state index contributed by atoms with van der Waals surface area (Å²) < 4.78 is 10.9. The van der Waals surface area contributed by atoms with Gasteiger partial charge in [-0.05, 0) is 60.5 Å². The molecule has 0 bridgehead atoms. The summed E-state index contributed by atoms with van der Waals surface area (Å²) in [6, 6.07) is 21.4. The molecule has 4 rings (SSSR count). The van der Waals surface area contributed by atoms with Crippen molar-refractivity contribution in [2.24, 2.45) is 15.9 Å². The van der Waals surface area contributed by atoms with Crippen molar-refractivity contribution < 1.29 is 9.47 Å². The van der Waals surface area contributed by atoms with Crippen LogP contribution < -0.4 is 15.8 Å². The Morgan fingerprint density at radius 1 is 1.06 bits per heavy atom. The number of anilines is 2. The van der Waals surface area contributed by atoms with Gasteiger partial charge in [-0.1, -0.05) is 24.3 Å². The molecule has 3 N–H and O–H groups in total. The van der Waals surface area contributed by atoms with Crippen molar-refractivity contribution in [2.75, 3.05) is 19.0 Å². The monoisotopic (exact) mass is 440 g/mol. The topological polar surface area (TPSA) is 107 Å². The lowest BCUT2D eigenvalue weighted by Crippen LogP contribution is -2.17. The van der Waals surface area contributed by atoms with Crippen LogP contribution in [-0.2, 0) is 4.74 Å². The molecule has 3 aromatic carbocycles. The Hall–Kier alpha value is -4.30. The first-order valence-corrected chi connectivity index (χ1v) is 10.3. The zero-order valence-electron chi connectivity index (χ0n) is 18.4. The number of aromatic nitrogens is 2. The summed E-state index contributed by atoms with van der Waals surface area (Å²) in [4.78, 5) is 8.79. The van der Waals surface area contributed by atoms with Crippen LogP contribution in [0.5, 0.6) is 11.5 Å². The van der Waals surface area contributed by atoms with Crippen molar-refractivity contribution in [3.63, 3.8) is 0 Å². The fraction of sp³-hybridized carbons (Fsp3) is 0.120. The average molecular weight is 441 g/mol. The van der Waals surface area contributed by atoms with E-state index in [-0.39, 0.29) is 6.61 Å². The maximum atomic E-state index is 5.97. The van der Waals surface area contributed by atoms with Gasteiger partial charge in [0.25, 0.3) is 0 Å². The lowest BCUT2D eigenvalue weighted by molar-refractivity contribution is 0.244. The largest absolute Gasteiger partial charge is 0.457 e. The molecule has 0 saturated carbocycles. The van der Waals surface area contributed by atoms with E-state index in [0.29, 0.717) is 11.7 Å². The highest BCUT2D eigenvalue weighted by molar-refractivity contribution is 5.95. The summed E-state index contributed by atoms with van der Waals surface area (Å²) in [5.41, 5.74) is 9.24. The number of hydrogen-bond acceptors (Lipinski definition) is 7. The highest BCUT2D eigenvalue weighted by atomic mass is 16.5. The third-order valence-corrected chi connectivity index (χ3v) is 4.75. The molecule has 0 aliphatic carbocycles. The molecule has 33 heavy (non-hydrogen) atoms. The highest BCUT2D eigenvalue weighted by Crippen LogP contribution is 2.29.